The first-order valence-electron chi connectivity index (χ1n) is 7.09. The second-order valence-corrected chi connectivity index (χ2v) is 5.41. The van der Waals surface area contributed by atoms with E-state index in [0.717, 1.165) is 4.90 Å². The van der Waals surface area contributed by atoms with E-state index in [1.165, 1.54) is 11.8 Å². The molecule has 0 fully saturated rings. The first-order chi connectivity index (χ1) is 11.0. The van der Waals surface area contributed by atoms with Gasteiger partial charge in [-0.3, -0.25) is 14.4 Å². The Hall–Kier alpha value is -2.33. The first-order valence-corrected chi connectivity index (χ1v) is 8.32. The topological polar surface area (TPSA) is 96.3 Å². The second-order valence-electron chi connectivity index (χ2n) is 4.56. The molecule has 0 heterocycles. The molecule has 0 unspecified atom stereocenters. The van der Waals surface area contributed by atoms with E-state index in [4.69, 9.17) is 10.00 Å². The number of carbonyl (C=O) groups excluding carboxylic acids is 3. The van der Waals surface area contributed by atoms with Crippen LogP contribution in [0.4, 0.5) is 5.69 Å². The first kappa shape index (κ1) is 18.7. The lowest BCUT2D eigenvalue weighted by Gasteiger charge is -2.07. The molecule has 7 heteroatoms. The van der Waals surface area contributed by atoms with Gasteiger partial charge in [-0.15, -0.1) is 11.8 Å². The van der Waals surface area contributed by atoms with E-state index in [1.54, 1.807) is 25.1 Å². The van der Waals surface area contributed by atoms with E-state index in [1.807, 2.05) is 6.26 Å². The van der Waals surface area contributed by atoms with Crippen LogP contribution in [0.3, 0.4) is 0 Å². The largest absolute Gasteiger partial charge is 0.466 e. The van der Waals surface area contributed by atoms with Crippen LogP contribution in [0.25, 0.3) is 0 Å². The fourth-order valence-corrected chi connectivity index (χ4v) is 2.38. The minimum Gasteiger partial charge on any atom is -0.466 e. The number of nitriles is 1. The van der Waals surface area contributed by atoms with Gasteiger partial charge in [0.25, 0.3) is 5.91 Å². The zero-order valence-corrected chi connectivity index (χ0v) is 13.9. The molecule has 1 aromatic carbocycles. The van der Waals surface area contributed by atoms with Gasteiger partial charge < -0.3 is 10.1 Å². The summed E-state index contributed by atoms with van der Waals surface area (Å²) in [5, 5.41) is 11.5. The van der Waals surface area contributed by atoms with Gasteiger partial charge in [-0.2, -0.15) is 5.26 Å². The third-order valence-corrected chi connectivity index (χ3v) is 3.70. The van der Waals surface area contributed by atoms with Crippen molar-refractivity contribution in [3.63, 3.8) is 0 Å². The highest BCUT2D eigenvalue weighted by Gasteiger charge is 2.15. The number of anilines is 1. The molecule has 1 amide bonds. The third kappa shape index (κ3) is 6.12. The van der Waals surface area contributed by atoms with Crippen molar-refractivity contribution in [3.8, 4) is 6.07 Å². The molecule has 0 atom stereocenters. The maximum Gasteiger partial charge on any atom is 0.305 e. The Morgan fingerprint density at radius 1 is 1.30 bits per heavy atom. The Labute approximate surface area is 139 Å². The fourth-order valence-electron chi connectivity index (χ4n) is 1.80. The summed E-state index contributed by atoms with van der Waals surface area (Å²) in [6.45, 7) is 2.00. The minimum atomic E-state index is -0.731. The molecular formula is C16H18N2O4S. The van der Waals surface area contributed by atoms with E-state index < -0.39 is 11.7 Å². The Balaban J connectivity index is 2.54. The normalized spacial score (nSPS) is 9.78. The van der Waals surface area contributed by atoms with Crippen molar-refractivity contribution in [1.29, 1.82) is 5.26 Å². The Bertz CT molecular complexity index is 637. The van der Waals surface area contributed by atoms with E-state index in [0.29, 0.717) is 17.9 Å². The molecule has 1 aromatic rings. The molecule has 0 saturated heterocycles. The summed E-state index contributed by atoms with van der Waals surface area (Å²) in [6, 6.07) is 6.86. The van der Waals surface area contributed by atoms with Gasteiger partial charge in [0, 0.05) is 23.4 Å². The molecule has 0 aliphatic rings. The van der Waals surface area contributed by atoms with Crippen molar-refractivity contribution >= 4 is 35.1 Å². The van der Waals surface area contributed by atoms with Gasteiger partial charge >= 0.3 is 5.97 Å². The van der Waals surface area contributed by atoms with Gasteiger partial charge in [-0.05, 0) is 37.8 Å². The van der Waals surface area contributed by atoms with Crippen LogP contribution >= 0.6 is 11.8 Å². The summed E-state index contributed by atoms with van der Waals surface area (Å²) in [6.07, 6.45) is 2.19. The van der Waals surface area contributed by atoms with Gasteiger partial charge in [-0.25, -0.2) is 0 Å². The van der Waals surface area contributed by atoms with Crippen molar-refractivity contribution in [3.05, 3.63) is 23.8 Å². The molecular weight excluding hydrogens is 316 g/mol. The van der Waals surface area contributed by atoms with Crippen LogP contribution in [-0.2, 0) is 19.1 Å². The lowest BCUT2D eigenvalue weighted by Crippen LogP contribution is -2.22. The number of thioether (sulfide) groups is 1. The second kappa shape index (κ2) is 9.64. The lowest BCUT2D eigenvalue weighted by atomic mass is 10.1. The number of ether oxygens (including phenoxy) is 1. The molecule has 0 saturated carbocycles. The molecule has 0 aliphatic carbocycles. The van der Waals surface area contributed by atoms with Gasteiger partial charge in [0.15, 0.2) is 0 Å². The van der Waals surface area contributed by atoms with Gasteiger partial charge in [-0.1, -0.05) is 0 Å². The monoisotopic (exact) mass is 334 g/mol. The zero-order valence-electron chi connectivity index (χ0n) is 13.0. The molecule has 23 heavy (non-hydrogen) atoms. The van der Waals surface area contributed by atoms with E-state index >= 15 is 0 Å². The molecule has 0 bridgehead atoms. The van der Waals surface area contributed by atoms with E-state index in [9.17, 15) is 14.4 Å². The molecule has 1 rings (SSSR count). The number of benzene rings is 1. The minimum absolute atomic E-state index is 0.0175. The highest BCUT2D eigenvalue weighted by molar-refractivity contribution is 7.98. The SMILES string of the molecule is CCOC(=O)CCCC(=O)C(=O)Nc1ccc(C#N)c(SC)c1. The molecule has 0 aromatic heterocycles. The van der Waals surface area contributed by atoms with Crippen LogP contribution in [0.1, 0.15) is 31.7 Å². The number of Topliss-reactive ketones (excluding diaryl/α,β-unsaturated/α-hetero) is 1. The summed E-state index contributed by atoms with van der Waals surface area (Å²) in [5.74, 6) is -1.70. The number of amides is 1. The number of hydrogen-bond donors (Lipinski definition) is 1. The smallest absolute Gasteiger partial charge is 0.305 e. The number of nitrogens with one attached hydrogen (secondary N) is 1. The molecule has 0 radical (unpaired) electrons. The number of nitrogens with zero attached hydrogens (tertiary/aromatic N) is 1. The van der Waals surface area contributed by atoms with Crippen molar-refractivity contribution < 1.29 is 19.1 Å². The summed E-state index contributed by atoms with van der Waals surface area (Å²) in [5.41, 5.74) is 0.966. The average molecular weight is 334 g/mol. The molecule has 1 N–H and O–H groups in total. The number of rotatable bonds is 8. The van der Waals surface area contributed by atoms with Crippen molar-refractivity contribution in [2.24, 2.45) is 0 Å². The summed E-state index contributed by atoms with van der Waals surface area (Å²) in [7, 11) is 0. The number of esters is 1. The van der Waals surface area contributed by atoms with Crippen molar-refractivity contribution in [1.82, 2.24) is 0 Å². The van der Waals surface area contributed by atoms with Crippen LogP contribution in [0.2, 0.25) is 0 Å². The number of ketones is 1. The van der Waals surface area contributed by atoms with Crippen LogP contribution < -0.4 is 5.32 Å². The van der Waals surface area contributed by atoms with Crippen molar-refractivity contribution in [2.75, 3.05) is 18.2 Å². The summed E-state index contributed by atoms with van der Waals surface area (Å²) in [4.78, 5) is 35.4. The predicted molar refractivity (Wildman–Crippen MR) is 87.1 cm³/mol. The lowest BCUT2D eigenvalue weighted by molar-refractivity contribution is -0.143. The number of hydrogen-bond acceptors (Lipinski definition) is 6. The fraction of sp³-hybridized carbons (Fsp3) is 0.375. The highest BCUT2D eigenvalue weighted by atomic mass is 32.2. The third-order valence-electron chi connectivity index (χ3n) is 2.92. The summed E-state index contributed by atoms with van der Waals surface area (Å²) >= 11 is 1.38. The highest BCUT2D eigenvalue weighted by Crippen LogP contribution is 2.23. The molecule has 0 spiro atoms. The summed E-state index contributed by atoms with van der Waals surface area (Å²) < 4.78 is 4.75. The van der Waals surface area contributed by atoms with Gasteiger partial charge in [0.05, 0.1) is 12.2 Å². The van der Waals surface area contributed by atoms with E-state index in [2.05, 4.69) is 11.4 Å². The number of carbonyl (C=O) groups is 3. The Morgan fingerprint density at radius 2 is 2.04 bits per heavy atom. The van der Waals surface area contributed by atoms with Crippen LogP contribution in [0.5, 0.6) is 0 Å². The van der Waals surface area contributed by atoms with Gasteiger partial charge in [0.1, 0.15) is 6.07 Å². The van der Waals surface area contributed by atoms with E-state index in [-0.39, 0.29) is 25.2 Å². The Morgan fingerprint density at radius 3 is 2.65 bits per heavy atom. The molecule has 0 aliphatic heterocycles. The zero-order chi connectivity index (χ0) is 17.2. The quantitative estimate of drug-likeness (QED) is 0.446. The average Bonchev–Trinajstić information content (AvgIpc) is 2.54. The van der Waals surface area contributed by atoms with Crippen LogP contribution in [-0.4, -0.2) is 30.5 Å². The Kier molecular flexibility index (Phi) is 7.84. The molecule has 122 valence electrons. The van der Waals surface area contributed by atoms with Gasteiger partial charge in [0.2, 0.25) is 5.78 Å². The van der Waals surface area contributed by atoms with Crippen LogP contribution in [0.15, 0.2) is 23.1 Å². The van der Waals surface area contributed by atoms with Crippen molar-refractivity contribution in [2.45, 2.75) is 31.1 Å². The maximum atomic E-state index is 11.8. The standard InChI is InChI=1S/C16H18N2O4S/c1-3-22-15(20)6-4-5-13(19)16(21)18-12-8-7-11(10-17)14(9-12)23-2/h7-9H,3-6H2,1-2H3,(H,18,21). The van der Waals surface area contributed by atoms with Crippen LogP contribution in [0, 0.1) is 11.3 Å². The predicted octanol–water partition coefficient (Wildman–Crippen LogP) is 2.52. The maximum absolute atomic E-state index is 11.8. The molecule has 6 nitrogen and oxygen atoms in total.